The van der Waals surface area contributed by atoms with Gasteiger partial charge in [-0.15, -0.1) is 10.2 Å². The van der Waals surface area contributed by atoms with Gasteiger partial charge >= 0.3 is 5.97 Å². The molecular weight excluding hydrogens is 232 g/mol. The summed E-state index contributed by atoms with van der Waals surface area (Å²) in [6.45, 7) is 0.690. The van der Waals surface area contributed by atoms with Crippen LogP contribution in [0.15, 0.2) is 6.33 Å². The number of nitrogens with zero attached hydrogens (tertiary/aromatic N) is 3. The van der Waals surface area contributed by atoms with Crippen molar-refractivity contribution in [1.29, 1.82) is 0 Å². The number of methoxy groups -OCH3 is 1. The van der Waals surface area contributed by atoms with Crippen molar-refractivity contribution in [2.45, 2.75) is 38.3 Å². The highest BCUT2D eigenvalue weighted by Crippen LogP contribution is 2.25. The SMILES string of the molecule is COC(=O)C1CCCC(NCc2nncn2C)C1. The quantitative estimate of drug-likeness (QED) is 0.796. The predicted octanol–water partition coefficient (Wildman–Crippen LogP) is 0.636. The van der Waals surface area contributed by atoms with Crippen LogP contribution in [0.4, 0.5) is 0 Å². The van der Waals surface area contributed by atoms with Gasteiger partial charge in [0.2, 0.25) is 0 Å². The summed E-state index contributed by atoms with van der Waals surface area (Å²) in [6.07, 6.45) is 5.65. The van der Waals surface area contributed by atoms with E-state index < -0.39 is 0 Å². The van der Waals surface area contributed by atoms with Crippen molar-refractivity contribution in [2.75, 3.05) is 7.11 Å². The molecule has 0 saturated heterocycles. The second kappa shape index (κ2) is 5.95. The van der Waals surface area contributed by atoms with Crippen molar-refractivity contribution < 1.29 is 9.53 Å². The molecule has 0 amide bonds. The van der Waals surface area contributed by atoms with E-state index in [0.29, 0.717) is 12.6 Å². The fourth-order valence-corrected chi connectivity index (χ4v) is 2.46. The molecule has 1 aromatic heterocycles. The minimum absolute atomic E-state index is 0.0424. The van der Waals surface area contributed by atoms with Gasteiger partial charge in [0.15, 0.2) is 0 Å². The number of esters is 1. The number of rotatable bonds is 4. The van der Waals surface area contributed by atoms with Crippen molar-refractivity contribution in [2.24, 2.45) is 13.0 Å². The van der Waals surface area contributed by atoms with E-state index in [0.717, 1.165) is 31.5 Å². The smallest absolute Gasteiger partial charge is 0.308 e. The molecule has 1 aliphatic carbocycles. The fourth-order valence-electron chi connectivity index (χ4n) is 2.46. The first kappa shape index (κ1) is 13.0. The first-order chi connectivity index (χ1) is 8.70. The summed E-state index contributed by atoms with van der Waals surface area (Å²) in [7, 11) is 3.38. The lowest BCUT2D eigenvalue weighted by Crippen LogP contribution is -2.36. The number of ether oxygens (including phenoxy) is 1. The topological polar surface area (TPSA) is 69.0 Å². The second-order valence-electron chi connectivity index (χ2n) is 4.82. The number of hydrogen-bond acceptors (Lipinski definition) is 5. The molecule has 1 heterocycles. The maximum Gasteiger partial charge on any atom is 0.308 e. The highest BCUT2D eigenvalue weighted by Gasteiger charge is 2.27. The molecule has 2 rings (SSSR count). The molecule has 0 aromatic carbocycles. The van der Waals surface area contributed by atoms with Gasteiger partial charge in [0.05, 0.1) is 19.6 Å². The van der Waals surface area contributed by atoms with E-state index in [1.165, 1.54) is 7.11 Å². The van der Waals surface area contributed by atoms with Crippen LogP contribution in [0.3, 0.4) is 0 Å². The Bertz CT molecular complexity index is 405. The summed E-state index contributed by atoms with van der Waals surface area (Å²) >= 11 is 0. The number of aromatic nitrogens is 3. The van der Waals surface area contributed by atoms with E-state index in [9.17, 15) is 4.79 Å². The van der Waals surface area contributed by atoms with E-state index in [1.807, 2.05) is 11.6 Å². The Labute approximate surface area is 107 Å². The number of aryl methyl sites for hydroxylation is 1. The van der Waals surface area contributed by atoms with E-state index in [2.05, 4.69) is 15.5 Å². The summed E-state index contributed by atoms with van der Waals surface area (Å²) in [6, 6.07) is 0.361. The van der Waals surface area contributed by atoms with Crippen molar-refractivity contribution >= 4 is 5.97 Å². The molecule has 100 valence electrons. The third-order valence-electron chi connectivity index (χ3n) is 3.56. The molecule has 0 bridgehead atoms. The summed E-state index contributed by atoms with van der Waals surface area (Å²) in [4.78, 5) is 11.5. The summed E-state index contributed by atoms with van der Waals surface area (Å²) < 4.78 is 6.71. The molecule has 6 heteroatoms. The largest absolute Gasteiger partial charge is 0.469 e. The highest BCUT2D eigenvalue weighted by molar-refractivity contribution is 5.72. The second-order valence-corrected chi connectivity index (χ2v) is 4.82. The van der Waals surface area contributed by atoms with Crippen molar-refractivity contribution in [1.82, 2.24) is 20.1 Å². The van der Waals surface area contributed by atoms with Gasteiger partial charge in [-0.3, -0.25) is 4.79 Å². The molecule has 6 nitrogen and oxygen atoms in total. The molecule has 2 atom stereocenters. The number of hydrogen-bond donors (Lipinski definition) is 1. The Kier molecular flexibility index (Phi) is 4.30. The van der Waals surface area contributed by atoms with Crippen LogP contribution in [-0.4, -0.2) is 33.9 Å². The Morgan fingerprint density at radius 1 is 1.61 bits per heavy atom. The standard InChI is InChI=1S/C12H20N4O2/c1-16-8-14-15-11(16)7-13-10-5-3-4-9(6-10)12(17)18-2/h8-10,13H,3-7H2,1-2H3. The van der Waals surface area contributed by atoms with E-state index >= 15 is 0 Å². The van der Waals surface area contributed by atoms with Crippen molar-refractivity contribution in [3.05, 3.63) is 12.2 Å². The zero-order chi connectivity index (χ0) is 13.0. The number of carbonyl (C=O) groups excluding carboxylic acids is 1. The van der Waals surface area contributed by atoms with Gasteiger partial charge in [0, 0.05) is 13.1 Å². The Hall–Kier alpha value is -1.43. The van der Waals surface area contributed by atoms with Crippen LogP contribution in [0.5, 0.6) is 0 Å². The zero-order valence-corrected chi connectivity index (χ0v) is 10.9. The predicted molar refractivity (Wildman–Crippen MR) is 65.6 cm³/mol. The van der Waals surface area contributed by atoms with Crippen LogP contribution in [0, 0.1) is 5.92 Å². The maximum absolute atomic E-state index is 11.5. The minimum atomic E-state index is -0.0832. The Morgan fingerprint density at radius 2 is 2.44 bits per heavy atom. The number of carbonyl (C=O) groups is 1. The first-order valence-electron chi connectivity index (χ1n) is 6.34. The summed E-state index contributed by atoms with van der Waals surface area (Å²) in [5, 5.41) is 11.3. The Morgan fingerprint density at radius 3 is 3.11 bits per heavy atom. The van der Waals surface area contributed by atoms with Crippen LogP contribution in [0.25, 0.3) is 0 Å². The normalized spacial score (nSPS) is 23.9. The van der Waals surface area contributed by atoms with Crippen LogP contribution in [-0.2, 0) is 23.1 Å². The summed E-state index contributed by atoms with van der Waals surface area (Å²) in [5.41, 5.74) is 0. The third kappa shape index (κ3) is 3.07. The Balaban J connectivity index is 1.83. The first-order valence-corrected chi connectivity index (χ1v) is 6.34. The van der Waals surface area contributed by atoms with Crippen LogP contribution in [0.1, 0.15) is 31.5 Å². The zero-order valence-electron chi connectivity index (χ0n) is 10.9. The van der Waals surface area contributed by atoms with Crippen molar-refractivity contribution in [3.8, 4) is 0 Å². The van der Waals surface area contributed by atoms with Crippen molar-refractivity contribution in [3.63, 3.8) is 0 Å². The molecule has 0 aliphatic heterocycles. The monoisotopic (exact) mass is 252 g/mol. The third-order valence-corrected chi connectivity index (χ3v) is 3.56. The average Bonchev–Trinajstić information content (AvgIpc) is 2.81. The molecule has 1 N–H and O–H groups in total. The van der Waals surface area contributed by atoms with E-state index in [1.54, 1.807) is 6.33 Å². The van der Waals surface area contributed by atoms with Crippen LogP contribution in [0.2, 0.25) is 0 Å². The molecule has 0 radical (unpaired) electrons. The van der Waals surface area contributed by atoms with E-state index in [-0.39, 0.29) is 11.9 Å². The highest BCUT2D eigenvalue weighted by atomic mass is 16.5. The van der Waals surface area contributed by atoms with Gasteiger partial charge in [-0.1, -0.05) is 6.42 Å². The summed E-state index contributed by atoms with van der Waals surface area (Å²) in [5.74, 6) is 0.871. The van der Waals surface area contributed by atoms with Gasteiger partial charge in [-0.25, -0.2) is 0 Å². The van der Waals surface area contributed by atoms with Crippen LogP contribution >= 0.6 is 0 Å². The van der Waals surface area contributed by atoms with Gasteiger partial charge in [0.25, 0.3) is 0 Å². The molecular formula is C12H20N4O2. The average molecular weight is 252 g/mol. The molecule has 18 heavy (non-hydrogen) atoms. The fraction of sp³-hybridized carbons (Fsp3) is 0.750. The molecule has 1 fully saturated rings. The molecule has 1 saturated carbocycles. The van der Waals surface area contributed by atoms with Gasteiger partial charge in [0.1, 0.15) is 12.2 Å². The minimum Gasteiger partial charge on any atom is -0.469 e. The number of nitrogens with one attached hydrogen (secondary N) is 1. The lowest BCUT2D eigenvalue weighted by atomic mass is 9.86. The van der Waals surface area contributed by atoms with Gasteiger partial charge in [-0.2, -0.15) is 0 Å². The van der Waals surface area contributed by atoms with E-state index in [4.69, 9.17) is 4.74 Å². The van der Waals surface area contributed by atoms with Gasteiger partial charge in [-0.05, 0) is 19.3 Å². The molecule has 1 aromatic rings. The lowest BCUT2D eigenvalue weighted by Gasteiger charge is -2.28. The van der Waals surface area contributed by atoms with Gasteiger partial charge < -0.3 is 14.6 Å². The molecule has 2 unspecified atom stereocenters. The molecule has 0 spiro atoms. The van der Waals surface area contributed by atoms with Crippen LogP contribution < -0.4 is 5.32 Å². The lowest BCUT2D eigenvalue weighted by molar-refractivity contribution is -0.146. The maximum atomic E-state index is 11.5. The molecule has 1 aliphatic rings.